The zero-order chi connectivity index (χ0) is 18.7. The minimum absolute atomic E-state index is 0.0750. The van der Waals surface area contributed by atoms with Gasteiger partial charge in [0.15, 0.2) is 11.5 Å². The van der Waals surface area contributed by atoms with Crippen molar-refractivity contribution < 1.29 is 23.5 Å². The van der Waals surface area contributed by atoms with Gasteiger partial charge in [-0.05, 0) is 18.2 Å². The van der Waals surface area contributed by atoms with Gasteiger partial charge in [0, 0.05) is 45.1 Å². The Morgan fingerprint density at radius 2 is 1.81 bits per heavy atom. The topological polar surface area (TPSA) is 93.0 Å². The summed E-state index contributed by atoms with van der Waals surface area (Å²) in [5.74, 6) is -0.0227. The average Bonchev–Trinajstić information content (AvgIpc) is 3.04. The van der Waals surface area contributed by atoms with Crippen LogP contribution in [0.5, 0.6) is 0 Å². The zero-order valence-corrected chi connectivity index (χ0v) is 14.9. The lowest BCUT2D eigenvalue weighted by Gasteiger charge is -2.34. The molecule has 1 aromatic carbocycles. The van der Waals surface area contributed by atoms with Crippen molar-refractivity contribution in [1.29, 1.82) is 0 Å². The van der Waals surface area contributed by atoms with Crippen molar-refractivity contribution in [2.75, 3.05) is 33.3 Å². The third-order valence-electron chi connectivity index (χ3n) is 4.43. The van der Waals surface area contributed by atoms with Crippen molar-refractivity contribution in [3.8, 4) is 0 Å². The van der Waals surface area contributed by atoms with Crippen molar-refractivity contribution in [3.63, 3.8) is 0 Å². The van der Waals surface area contributed by atoms with Gasteiger partial charge in [0.25, 0.3) is 5.91 Å². The summed E-state index contributed by atoms with van der Waals surface area (Å²) in [7, 11) is 1.30. The molecule has 0 saturated carbocycles. The number of carbonyl (C=O) groups excluding carboxylic acids is 3. The van der Waals surface area contributed by atoms with E-state index in [-0.39, 0.29) is 24.7 Å². The highest BCUT2D eigenvalue weighted by atomic mass is 16.5. The number of ether oxygens (including phenoxy) is 1. The van der Waals surface area contributed by atoms with E-state index >= 15 is 0 Å². The molecule has 0 aliphatic carbocycles. The first kappa shape index (κ1) is 17.9. The van der Waals surface area contributed by atoms with E-state index in [0.29, 0.717) is 48.7 Å². The van der Waals surface area contributed by atoms with E-state index in [9.17, 15) is 14.4 Å². The number of nitrogens with zero attached hydrogens (tertiary/aromatic N) is 3. The highest BCUT2D eigenvalue weighted by molar-refractivity contribution is 5.97. The number of aryl methyl sites for hydroxylation is 1. The molecule has 1 aliphatic rings. The largest absolute Gasteiger partial charge is 0.469 e. The molecule has 26 heavy (non-hydrogen) atoms. The molecule has 1 aromatic heterocycles. The van der Waals surface area contributed by atoms with Crippen molar-refractivity contribution in [3.05, 3.63) is 29.7 Å². The second-order valence-corrected chi connectivity index (χ2v) is 6.16. The van der Waals surface area contributed by atoms with Crippen LogP contribution in [0.4, 0.5) is 0 Å². The third kappa shape index (κ3) is 3.84. The van der Waals surface area contributed by atoms with Gasteiger partial charge in [-0.25, -0.2) is 4.98 Å². The standard InChI is InChI=1S/C18H21N3O5/c1-12-19-14-11-13(3-4-15(14)26-12)18(24)21-9-7-20(8-10-21)16(22)5-6-17(23)25-2/h3-4,11H,5-10H2,1-2H3. The van der Waals surface area contributed by atoms with E-state index in [1.165, 1.54) is 7.11 Å². The molecule has 1 fully saturated rings. The maximum absolute atomic E-state index is 12.7. The lowest BCUT2D eigenvalue weighted by Crippen LogP contribution is -2.50. The van der Waals surface area contributed by atoms with Gasteiger partial charge in [0.2, 0.25) is 5.91 Å². The van der Waals surface area contributed by atoms with Crippen LogP contribution in [-0.4, -0.2) is 65.9 Å². The smallest absolute Gasteiger partial charge is 0.306 e. The van der Waals surface area contributed by atoms with E-state index < -0.39 is 5.97 Å². The van der Waals surface area contributed by atoms with Gasteiger partial charge in [0.05, 0.1) is 13.5 Å². The monoisotopic (exact) mass is 359 g/mol. The van der Waals surface area contributed by atoms with E-state index in [1.807, 2.05) is 0 Å². The fourth-order valence-electron chi connectivity index (χ4n) is 2.99. The number of esters is 1. The molecular weight excluding hydrogens is 338 g/mol. The molecule has 0 atom stereocenters. The van der Waals surface area contributed by atoms with Crippen LogP contribution in [0, 0.1) is 6.92 Å². The summed E-state index contributed by atoms with van der Waals surface area (Å²) in [5, 5.41) is 0. The summed E-state index contributed by atoms with van der Waals surface area (Å²) < 4.78 is 9.97. The van der Waals surface area contributed by atoms with Gasteiger partial charge < -0.3 is 19.0 Å². The van der Waals surface area contributed by atoms with Gasteiger partial charge in [-0.15, -0.1) is 0 Å². The van der Waals surface area contributed by atoms with Gasteiger partial charge in [0.1, 0.15) is 5.52 Å². The number of methoxy groups -OCH3 is 1. The molecule has 0 bridgehead atoms. The molecule has 1 saturated heterocycles. The second kappa shape index (κ2) is 7.55. The minimum Gasteiger partial charge on any atom is -0.469 e. The Morgan fingerprint density at radius 3 is 2.50 bits per heavy atom. The second-order valence-electron chi connectivity index (χ2n) is 6.16. The molecule has 3 rings (SSSR count). The number of oxazole rings is 1. The number of aromatic nitrogens is 1. The summed E-state index contributed by atoms with van der Waals surface area (Å²) in [6.07, 6.45) is 0.203. The molecule has 0 unspecified atom stereocenters. The fourth-order valence-corrected chi connectivity index (χ4v) is 2.99. The molecule has 2 amide bonds. The summed E-state index contributed by atoms with van der Waals surface area (Å²) in [4.78, 5) is 43.6. The Balaban J connectivity index is 1.57. The highest BCUT2D eigenvalue weighted by Gasteiger charge is 2.25. The number of fused-ring (bicyclic) bond motifs is 1. The van der Waals surface area contributed by atoms with Crippen LogP contribution in [0.2, 0.25) is 0 Å². The van der Waals surface area contributed by atoms with Gasteiger partial charge in [-0.3, -0.25) is 14.4 Å². The SMILES string of the molecule is COC(=O)CCC(=O)N1CCN(C(=O)c2ccc3oc(C)nc3c2)CC1. The molecule has 2 heterocycles. The van der Waals surface area contributed by atoms with Crippen LogP contribution in [0.25, 0.3) is 11.1 Å². The molecule has 138 valence electrons. The number of carbonyl (C=O) groups is 3. The molecule has 0 N–H and O–H groups in total. The van der Waals surface area contributed by atoms with E-state index in [4.69, 9.17) is 4.42 Å². The van der Waals surface area contributed by atoms with Crippen LogP contribution < -0.4 is 0 Å². The van der Waals surface area contributed by atoms with Crippen molar-refractivity contribution >= 4 is 28.9 Å². The number of piperazine rings is 1. The van der Waals surface area contributed by atoms with Crippen molar-refractivity contribution in [2.24, 2.45) is 0 Å². The average molecular weight is 359 g/mol. The number of amides is 2. The first-order chi connectivity index (χ1) is 12.5. The molecule has 2 aromatic rings. The molecule has 8 nitrogen and oxygen atoms in total. The van der Waals surface area contributed by atoms with E-state index in [0.717, 1.165) is 0 Å². The normalized spacial score (nSPS) is 14.5. The number of rotatable bonds is 4. The van der Waals surface area contributed by atoms with Gasteiger partial charge in [-0.1, -0.05) is 0 Å². The predicted molar refractivity (Wildman–Crippen MR) is 92.5 cm³/mol. The Hall–Kier alpha value is -2.90. The van der Waals surface area contributed by atoms with Crippen LogP contribution in [0.3, 0.4) is 0 Å². The Labute approximate surface area is 150 Å². The van der Waals surface area contributed by atoms with Crippen LogP contribution >= 0.6 is 0 Å². The summed E-state index contributed by atoms with van der Waals surface area (Å²) in [6, 6.07) is 5.19. The summed E-state index contributed by atoms with van der Waals surface area (Å²) in [6.45, 7) is 3.59. The van der Waals surface area contributed by atoms with E-state index in [2.05, 4.69) is 9.72 Å². The van der Waals surface area contributed by atoms with Crippen molar-refractivity contribution in [2.45, 2.75) is 19.8 Å². The van der Waals surface area contributed by atoms with Crippen LogP contribution in [-0.2, 0) is 14.3 Å². The van der Waals surface area contributed by atoms with Crippen LogP contribution in [0.1, 0.15) is 29.1 Å². The predicted octanol–water partition coefficient (Wildman–Crippen LogP) is 1.37. The minimum atomic E-state index is -0.398. The molecular formula is C18H21N3O5. The maximum atomic E-state index is 12.7. The number of hydrogen-bond donors (Lipinski definition) is 0. The van der Waals surface area contributed by atoms with E-state index in [1.54, 1.807) is 34.9 Å². The third-order valence-corrected chi connectivity index (χ3v) is 4.43. The van der Waals surface area contributed by atoms with Gasteiger partial charge in [-0.2, -0.15) is 0 Å². The first-order valence-electron chi connectivity index (χ1n) is 8.49. The Kier molecular flexibility index (Phi) is 5.20. The lowest BCUT2D eigenvalue weighted by atomic mass is 10.1. The number of benzene rings is 1. The van der Waals surface area contributed by atoms with Crippen LogP contribution in [0.15, 0.2) is 22.6 Å². The Bertz CT molecular complexity index is 836. The molecule has 8 heteroatoms. The van der Waals surface area contributed by atoms with Crippen molar-refractivity contribution in [1.82, 2.24) is 14.8 Å². The quantitative estimate of drug-likeness (QED) is 0.766. The number of hydrogen-bond acceptors (Lipinski definition) is 6. The summed E-state index contributed by atoms with van der Waals surface area (Å²) >= 11 is 0. The Morgan fingerprint density at radius 1 is 1.12 bits per heavy atom. The van der Waals surface area contributed by atoms with Gasteiger partial charge >= 0.3 is 5.97 Å². The molecule has 0 radical (unpaired) electrons. The fraction of sp³-hybridized carbons (Fsp3) is 0.444. The lowest BCUT2D eigenvalue weighted by molar-refractivity contribution is -0.143. The first-order valence-corrected chi connectivity index (χ1v) is 8.49. The molecule has 1 aliphatic heterocycles. The molecule has 0 spiro atoms. The highest BCUT2D eigenvalue weighted by Crippen LogP contribution is 2.18. The maximum Gasteiger partial charge on any atom is 0.306 e. The zero-order valence-electron chi connectivity index (χ0n) is 14.9. The summed E-state index contributed by atoms with van der Waals surface area (Å²) in [5.41, 5.74) is 1.86.